The van der Waals surface area contributed by atoms with E-state index in [-0.39, 0.29) is 17.4 Å². The molecule has 0 aliphatic heterocycles. The molecule has 0 saturated carbocycles. The zero-order valence-corrected chi connectivity index (χ0v) is 18.3. The Morgan fingerprint density at radius 1 is 0.839 bits per heavy atom. The largest absolute Gasteiger partial charge is 0.497 e. The fraction of sp³-hybridized carbons (Fsp3) is 0.167. The fourth-order valence-corrected chi connectivity index (χ4v) is 3.79. The SMILES string of the molecule is COc1ccc(C(=O)CSc2cccc(NC(=O)c3c(OC)cccc3OC)c2)cc1. The van der Waals surface area contributed by atoms with Gasteiger partial charge in [-0.05, 0) is 54.6 Å². The van der Waals surface area contributed by atoms with Crippen molar-refractivity contribution in [2.24, 2.45) is 0 Å². The molecule has 0 saturated heterocycles. The highest BCUT2D eigenvalue weighted by Crippen LogP contribution is 2.30. The lowest BCUT2D eigenvalue weighted by Gasteiger charge is -2.13. The Morgan fingerprint density at radius 3 is 2.10 bits per heavy atom. The molecule has 0 atom stereocenters. The second kappa shape index (κ2) is 10.5. The van der Waals surface area contributed by atoms with Crippen LogP contribution >= 0.6 is 11.8 Å². The predicted molar refractivity (Wildman–Crippen MR) is 122 cm³/mol. The van der Waals surface area contributed by atoms with Gasteiger partial charge in [-0.1, -0.05) is 12.1 Å². The summed E-state index contributed by atoms with van der Waals surface area (Å²) in [7, 11) is 4.59. The molecule has 0 unspecified atom stereocenters. The van der Waals surface area contributed by atoms with Crippen LogP contribution in [0.2, 0.25) is 0 Å². The summed E-state index contributed by atoms with van der Waals surface area (Å²) in [5, 5.41) is 2.87. The molecular formula is C24H23NO5S. The Morgan fingerprint density at radius 2 is 1.48 bits per heavy atom. The van der Waals surface area contributed by atoms with E-state index < -0.39 is 0 Å². The lowest BCUT2D eigenvalue weighted by Crippen LogP contribution is -2.14. The number of ketones is 1. The van der Waals surface area contributed by atoms with Crippen molar-refractivity contribution in [3.8, 4) is 17.2 Å². The molecule has 0 aliphatic carbocycles. The molecule has 0 fully saturated rings. The Kier molecular flexibility index (Phi) is 7.56. The molecule has 0 bridgehead atoms. The molecule has 0 heterocycles. The summed E-state index contributed by atoms with van der Waals surface area (Å²) in [5.41, 5.74) is 1.56. The van der Waals surface area contributed by atoms with Gasteiger partial charge in [0.25, 0.3) is 5.91 Å². The Hall–Kier alpha value is -3.45. The number of ether oxygens (including phenoxy) is 3. The van der Waals surface area contributed by atoms with Crippen molar-refractivity contribution >= 4 is 29.1 Å². The van der Waals surface area contributed by atoms with Crippen molar-refractivity contribution in [1.29, 1.82) is 0 Å². The van der Waals surface area contributed by atoms with Crippen LogP contribution in [0.4, 0.5) is 5.69 Å². The molecule has 31 heavy (non-hydrogen) atoms. The van der Waals surface area contributed by atoms with Crippen molar-refractivity contribution < 1.29 is 23.8 Å². The molecule has 1 N–H and O–H groups in total. The summed E-state index contributed by atoms with van der Waals surface area (Å²) < 4.78 is 15.7. The lowest BCUT2D eigenvalue weighted by atomic mass is 10.1. The second-order valence-electron chi connectivity index (χ2n) is 6.46. The molecule has 3 aromatic rings. The third-order valence-corrected chi connectivity index (χ3v) is 5.52. The number of carbonyl (C=O) groups is 2. The molecule has 0 aromatic heterocycles. The Bertz CT molecular complexity index is 1040. The van der Waals surface area contributed by atoms with E-state index in [9.17, 15) is 9.59 Å². The number of Topliss-reactive ketones (excluding diaryl/α,β-unsaturated/α-hetero) is 1. The first-order valence-corrected chi connectivity index (χ1v) is 10.5. The highest BCUT2D eigenvalue weighted by Gasteiger charge is 2.18. The maximum absolute atomic E-state index is 12.8. The average Bonchev–Trinajstić information content (AvgIpc) is 2.82. The molecule has 7 heteroatoms. The van der Waals surface area contributed by atoms with Gasteiger partial charge in [0, 0.05) is 16.1 Å². The van der Waals surface area contributed by atoms with Gasteiger partial charge in [0.05, 0.1) is 27.1 Å². The molecule has 1 amide bonds. The topological polar surface area (TPSA) is 73.9 Å². The van der Waals surface area contributed by atoms with Gasteiger partial charge >= 0.3 is 0 Å². The van der Waals surface area contributed by atoms with Gasteiger partial charge in [-0.3, -0.25) is 9.59 Å². The first-order chi connectivity index (χ1) is 15.0. The van der Waals surface area contributed by atoms with Crippen LogP contribution in [0.15, 0.2) is 71.6 Å². The number of methoxy groups -OCH3 is 3. The normalized spacial score (nSPS) is 10.3. The minimum atomic E-state index is -0.342. The van der Waals surface area contributed by atoms with Crippen LogP contribution in [0.1, 0.15) is 20.7 Å². The van der Waals surface area contributed by atoms with Gasteiger partial charge in [0.15, 0.2) is 5.78 Å². The number of thioether (sulfide) groups is 1. The van der Waals surface area contributed by atoms with Crippen molar-refractivity contribution in [3.63, 3.8) is 0 Å². The van der Waals surface area contributed by atoms with Crippen molar-refractivity contribution in [2.75, 3.05) is 32.4 Å². The number of benzene rings is 3. The highest BCUT2D eigenvalue weighted by molar-refractivity contribution is 8.00. The second-order valence-corrected chi connectivity index (χ2v) is 7.51. The molecule has 0 aliphatic rings. The summed E-state index contributed by atoms with van der Waals surface area (Å²) >= 11 is 1.40. The van der Waals surface area contributed by atoms with E-state index in [0.717, 1.165) is 4.90 Å². The molecule has 3 aromatic carbocycles. The molecule has 160 valence electrons. The van der Waals surface area contributed by atoms with Crippen molar-refractivity contribution in [2.45, 2.75) is 4.90 Å². The molecule has 0 spiro atoms. The first-order valence-electron chi connectivity index (χ1n) is 9.48. The van der Waals surface area contributed by atoms with Gasteiger partial charge in [0.1, 0.15) is 22.8 Å². The number of hydrogen-bond donors (Lipinski definition) is 1. The van der Waals surface area contributed by atoms with Gasteiger partial charge in [-0.25, -0.2) is 0 Å². The minimum Gasteiger partial charge on any atom is -0.497 e. The van der Waals surface area contributed by atoms with Crippen molar-refractivity contribution in [1.82, 2.24) is 0 Å². The van der Waals surface area contributed by atoms with Gasteiger partial charge in [-0.2, -0.15) is 0 Å². The minimum absolute atomic E-state index is 0.0147. The maximum atomic E-state index is 12.8. The monoisotopic (exact) mass is 437 g/mol. The van der Waals surface area contributed by atoms with Crippen LogP contribution in [-0.2, 0) is 0 Å². The molecule has 0 radical (unpaired) electrons. The van der Waals surface area contributed by atoms with E-state index in [4.69, 9.17) is 14.2 Å². The Labute approximate surface area is 185 Å². The average molecular weight is 438 g/mol. The van der Waals surface area contributed by atoms with Gasteiger partial charge in [0.2, 0.25) is 0 Å². The summed E-state index contributed by atoms with van der Waals surface area (Å²) in [5.74, 6) is 1.51. The van der Waals surface area contributed by atoms with E-state index in [1.807, 2.05) is 18.2 Å². The zero-order valence-electron chi connectivity index (χ0n) is 17.5. The smallest absolute Gasteiger partial charge is 0.263 e. The van der Waals surface area contributed by atoms with Crippen LogP contribution in [0.5, 0.6) is 17.2 Å². The number of hydrogen-bond acceptors (Lipinski definition) is 6. The number of anilines is 1. The lowest BCUT2D eigenvalue weighted by molar-refractivity contribution is 0.101. The third-order valence-electron chi connectivity index (χ3n) is 4.53. The zero-order chi connectivity index (χ0) is 22.2. The molecule has 6 nitrogen and oxygen atoms in total. The number of carbonyl (C=O) groups excluding carboxylic acids is 2. The van der Waals surface area contributed by atoms with E-state index in [1.165, 1.54) is 26.0 Å². The molecular weight excluding hydrogens is 414 g/mol. The number of amides is 1. The summed E-state index contributed by atoms with van der Waals surface area (Å²) in [6, 6.07) is 19.5. The predicted octanol–water partition coefficient (Wildman–Crippen LogP) is 4.94. The van der Waals surface area contributed by atoms with Crippen molar-refractivity contribution in [3.05, 3.63) is 77.9 Å². The maximum Gasteiger partial charge on any atom is 0.263 e. The fourth-order valence-electron chi connectivity index (χ4n) is 2.94. The van der Waals surface area contributed by atoms with Crippen LogP contribution in [-0.4, -0.2) is 38.8 Å². The molecule has 3 rings (SSSR count). The standard InChI is InChI=1S/C24H23NO5S/c1-28-18-12-10-16(11-13-18)20(26)15-31-19-7-4-6-17(14-19)25-24(27)23-21(29-2)8-5-9-22(23)30-3/h4-14H,15H2,1-3H3,(H,25,27). The highest BCUT2D eigenvalue weighted by atomic mass is 32.2. The summed E-state index contributed by atoms with van der Waals surface area (Å²) in [6.45, 7) is 0. The van der Waals surface area contributed by atoms with Crippen LogP contribution < -0.4 is 19.5 Å². The number of rotatable bonds is 9. The van der Waals surface area contributed by atoms with Gasteiger partial charge in [-0.15, -0.1) is 11.8 Å². The van der Waals surface area contributed by atoms with Gasteiger partial charge < -0.3 is 19.5 Å². The van der Waals surface area contributed by atoms with E-state index in [1.54, 1.807) is 55.6 Å². The van der Waals surface area contributed by atoms with E-state index >= 15 is 0 Å². The first kappa shape index (κ1) is 22.2. The Balaban J connectivity index is 1.68. The third kappa shape index (κ3) is 5.58. The van der Waals surface area contributed by atoms with E-state index in [2.05, 4.69) is 5.32 Å². The van der Waals surface area contributed by atoms with Crippen LogP contribution in [0, 0.1) is 0 Å². The van der Waals surface area contributed by atoms with Crippen LogP contribution in [0.3, 0.4) is 0 Å². The quantitative estimate of drug-likeness (QED) is 0.378. The number of nitrogens with one attached hydrogen (secondary N) is 1. The van der Waals surface area contributed by atoms with E-state index in [0.29, 0.717) is 34.1 Å². The summed E-state index contributed by atoms with van der Waals surface area (Å²) in [6.07, 6.45) is 0. The van der Waals surface area contributed by atoms with Crippen LogP contribution in [0.25, 0.3) is 0 Å². The summed E-state index contributed by atoms with van der Waals surface area (Å²) in [4.78, 5) is 26.2.